The number of alkyl halides is 3. The molecule has 2 aromatic rings. The summed E-state index contributed by atoms with van der Waals surface area (Å²) in [5.41, 5.74) is -0.0172. The zero-order chi connectivity index (χ0) is 19.0. The van der Waals surface area contributed by atoms with Gasteiger partial charge in [-0.25, -0.2) is 0 Å². The number of oxime groups is 1. The molecule has 0 aliphatic rings. The molecule has 0 aliphatic heterocycles. The molecular formula is C18H17F3N2O3. The number of unbranched alkanes of at least 4 members (excludes halogenated alkanes) is 1. The molecule has 1 heterocycles. The van der Waals surface area contributed by atoms with Gasteiger partial charge in [0.15, 0.2) is 0 Å². The lowest BCUT2D eigenvalue weighted by molar-refractivity contribution is -0.138. The highest BCUT2D eigenvalue weighted by Crippen LogP contribution is 2.30. The van der Waals surface area contributed by atoms with Gasteiger partial charge in [0.05, 0.1) is 11.3 Å². The van der Waals surface area contributed by atoms with Crippen molar-refractivity contribution in [2.45, 2.75) is 25.4 Å². The minimum Gasteiger partial charge on any atom is -0.481 e. The molecule has 0 unspecified atom stereocenters. The number of pyridine rings is 1. The van der Waals surface area contributed by atoms with Crippen molar-refractivity contribution in [1.29, 1.82) is 0 Å². The summed E-state index contributed by atoms with van der Waals surface area (Å²) in [4.78, 5) is 19.8. The lowest BCUT2D eigenvalue weighted by Crippen LogP contribution is -2.10. The van der Waals surface area contributed by atoms with E-state index in [2.05, 4.69) is 10.1 Å². The van der Waals surface area contributed by atoms with E-state index < -0.39 is 17.7 Å². The highest BCUT2D eigenvalue weighted by molar-refractivity contribution is 6.11. The molecule has 1 aromatic carbocycles. The Morgan fingerprint density at radius 2 is 1.96 bits per heavy atom. The van der Waals surface area contributed by atoms with Gasteiger partial charge in [-0.2, -0.15) is 13.2 Å². The molecule has 1 aromatic heterocycles. The molecular weight excluding hydrogens is 349 g/mol. The maximum Gasteiger partial charge on any atom is 0.416 e. The summed E-state index contributed by atoms with van der Waals surface area (Å²) in [6.45, 7) is 0.155. The van der Waals surface area contributed by atoms with Gasteiger partial charge in [0, 0.05) is 18.2 Å². The molecule has 0 amide bonds. The summed E-state index contributed by atoms with van der Waals surface area (Å²) in [6.07, 6.45) is -2.05. The van der Waals surface area contributed by atoms with E-state index in [9.17, 15) is 18.0 Å². The van der Waals surface area contributed by atoms with Crippen molar-refractivity contribution < 1.29 is 27.9 Å². The van der Waals surface area contributed by atoms with Crippen LogP contribution in [0.1, 0.15) is 36.1 Å². The number of carboxylic acids is 1. The van der Waals surface area contributed by atoms with Crippen LogP contribution in [0.5, 0.6) is 0 Å². The van der Waals surface area contributed by atoms with E-state index in [0.29, 0.717) is 18.5 Å². The van der Waals surface area contributed by atoms with Gasteiger partial charge in [-0.05, 0) is 37.1 Å². The zero-order valence-electron chi connectivity index (χ0n) is 13.7. The van der Waals surface area contributed by atoms with Crippen molar-refractivity contribution in [2.75, 3.05) is 6.61 Å². The van der Waals surface area contributed by atoms with Gasteiger partial charge in [0.25, 0.3) is 0 Å². The second kappa shape index (κ2) is 8.98. The molecule has 0 saturated carbocycles. The van der Waals surface area contributed by atoms with Crippen molar-refractivity contribution in [3.63, 3.8) is 0 Å². The van der Waals surface area contributed by atoms with E-state index in [4.69, 9.17) is 9.94 Å². The zero-order valence-corrected chi connectivity index (χ0v) is 13.7. The molecule has 0 saturated heterocycles. The van der Waals surface area contributed by atoms with Crippen molar-refractivity contribution in [3.05, 3.63) is 65.5 Å². The number of carboxylic acid groups (broad SMARTS) is 1. The molecule has 5 nitrogen and oxygen atoms in total. The van der Waals surface area contributed by atoms with Gasteiger partial charge in [-0.15, -0.1) is 0 Å². The smallest absolute Gasteiger partial charge is 0.416 e. The average Bonchev–Trinajstić information content (AvgIpc) is 2.61. The van der Waals surface area contributed by atoms with Crippen LogP contribution in [-0.2, 0) is 15.8 Å². The largest absolute Gasteiger partial charge is 0.481 e. The van der Waals surface area contributed by atoms with Crippen LogP contribution in [0, 0.1) is 0 Å². The number of rotatable bonds is 8. The van der Waals surface area contributed by atoms with Crippen LogP contribution in [0.25, 0.3) is 0 Å². The maximum absolute atomic E-state index is 13.0. The third-order valence-electron chi connectivity index (χ3n) is 3.40. The Labute approximate surface area is 148 Å². The molecule has 1 N–H and O–H groups in total. The molecule has 0 aliphatic carbocycles. The van der Waals surface area contributed by atoms with E-state index in [0.717, 1.165) is 12.1 Å². The molecule has 0 bridgehead atoms. The first-order valence-electron chi connectivity index (χ1n) is 7.88. The summed E-state index contributed by atoms with van der Waals surface area (Å²) in [5, 5.41) is 12.5. The summed E-state index contributed by atoms with van der Waals surface area (Å²) >= 11 is 0. The van der Waals surface area contributed by atoms with Crippen molar-refractivity contribution in [2.24, 2.45) is 5.16 Å². The SMILES string of the molecule is O=C(O)CCCCO/N=C(\c1cccc(C(F)(F)F)c1)c1ccccn1. The van der Waals surface area contributed by atoms with Gasteiger partial charge in [-0.3, -0.25) is 9.78 Å². The van der Waals surface area contributed by atoms with Gasteiger partial charge in [0.1, 0.15) is 12.3 Å². The Bertz CT molecular complexity index is 762. The number of benzene rings is 1. The normalized spacial score (nSPS) is 12.0. The number of hydrogen-bond acceptors (Lipinski definition) is 4. The van der Waals surface area contributed by atoms with Crippen LogP contribution in [-0.4, -0.2) is 28.4 Å². The number of halogens is 3. The fourth-order valence-electron chi connectivity index (χ4n) is 2.15. The molecule has 26 heavy (non-hydrogen) atoms. The van der Waals surface area contributed by atoms with Gasteiger partial charge in [-0.1, -0.05) is 23.4 Å². The Morgan fingerprint density at radius 1 is 1.15 bits per heavy atom. The van der Waals surface area contributed by atoms with E-state index >= 15 is 0 Å². The van der Waals surface area contributed by atoms with Crippen LogP contribution < -0.4 is 0 Å². The first-order valence-corrected chi connectivity index (χ1v) is 7.88. The highest BCUT2D eigenvalue weighted by Gasteiger charge is 2.30. The molecule has 2 rings (SSSR count). The molecule has 0 radical (unpaired) electrons. The fourth-order valence-corrected chi connectivity index (χ4v) is 2.15. The first-order chi connectivity index (χ1) is 12.4. The number of nitrogens with zero attached hydrogens (tertiary/aromatic N) is 2. The maximum atomic E-state index is 13.0. The van der Waals surface area contributed by atoms with E-state index in [-0.39, 0.29) is 24.3 Å². The minimum absolute atomic E-state index is 0.0216. The van der Waals surface area contributed by atoms with Crippen LogP contribution in [0.15, 0.2) is 53.8 Å². The van der Waals surface area contributed by atoms with Crippen molar-refractivity contribution >= 4 is 11.7 Å². The molecule has 138 valence electrons. The van der Waals surface area contributed by atoms with E-state index in [1.807, 2.05) is 0 Å². The van der Waals surface area contributed by atoms with Gasteiger partial charge >= 0.3 is 12.1 Å². The first kappa shape index (κ1) is 19.4. The highest BCUT2D eigenvalue weighted by atomic mass is 19.4. The predicted octanol–water partition coefficient (Wildman–Crippen LogP) is 4.12. The molecule has 0 atom stereocenters. The Morgan fingerprint density at radius 3 is 2.62 bits per heavy atom. The minimum atomic E-state index is -4.47. The third-order valence-corrected chi connectivity index (χ3v) is 3.40. The van der Waals surface area contributed by atoms with Crippen LogP contribution in [0.2, 0.25) is 0 Å². The summed E-state index contributed by atoms with van der Waals surface area (Å²) in [5.74, 6) is -0.897. The summed E-state index contributed by atoms with van der Waals surface area (Å²) < 4.78 is 38.9. The van der Waals surface area contributed by atoms with Crippen LogP contribution in [0.4, 0.5) is 13.2 Å². The Kier molecular flexibility index (Phi) is 6.71. The lowest BCUT2D eigenvalue weighted by Gasteiger charge is -2.10. The standard InChI is InChI=1S/C18H17F3N2O3/c19-18(20,21)14-7-5-6-13(12-14)17(15-8-1-3-10-22-15)23-26-11-4-2-9-16(24)25/h1,3,5-8,10,12H,2,4,9,11H2,(H,24,25)/b23-17+. The number of carbonyl (C=O) groups is 1. The second-order valence-corrected chi connectivity index (χ2v) is 5.42. The average molecular weight is 366 g/mol. The quantitative estimate of drug-likeness (QED) is 0.433. The lowest BCUT2D eigenvalue weighted by atomic mass is 10.0. The summed E-state index contributed by atoms with van der Waals surface area (Å²) in [6, 6.07) is 9.75. The third kappa shape index (κ3) is 5.87. The Balaban J connectivity index is 2.20. The van der Waals surface area contributed by atoms with E-state index in [1.54, 1.807) is 18.2 Å². The van der Waals surface area contributed by atoms with Crippen LogP contribution >= 0.6 is 0 Å². The predicted molar refractivity (Wildman–Crippen MR) is 88.8 cm³/mol. The van der Waals surface area contributed by atoms with Crippen molar-refractivity contribution in [3.8, 4) is 0 Å². The van der Waals surface area contributed by atoms with Gasteiger partial charge in [0.2, 0.25) is 0 Å². The Hall–Kier alpha value is -2.90. The topological polar surface area (TPSA) is 71.8 Å². The number of aliphatic carboxylic acids is 1. The molecule has 0 spiro atoms. The fraction of sp³-hybridized carbons (Fsp3) is 0.278. The monoisotopic (exact) mass is 366 g/mol. The summed E-state index contributed by atoms with van der Waals surface area (Å²) in [7, 11) is 0. The van der Waals surface area contributed by atoms with E-state index in [1.165, 1.54) is 18.3 Å². The molecule has 0 fully saturated rings. The van der Waals surface area contributed by atoms with Crippen LogP contribution in [0.3, 0.4) is 0 Å². The molecule has 8 heteroatoms. The second-order valence-electron chi connectivity index (χ2n) is 5.42. The van der Waals surface area contributed by atoms with Gasteiger partial charge < -0.3 is 9.94 Å². The van der Waals surface area contributed by atoms with Crippen molar-refractivity contribution in [1.82, 2.24) is 4.98 Å². The number of aromatic nitrogens is 1. The number of hydrogen-bond donors (Lipinski definition) is 1.